The van der Waals surface area contributed by atoms with Gasteiger partial charge in [-0.2, -0.15) is 13.2 Å². The average Bonchev–Trinajstić information content (AvgIpc) is 2.34. The van der Waals surface area contributed by atoms with Crippen LogP contribution in [0.1, 0.15) is 15.9 Å². The lowest BCUT2D eigenvalue weighted by Crippen LogP contribution is -2.07. The molecule has 4 nitrogen and oxygen atoms in total. The second-order valence-corrected chi connectivity index (χ2v) is 6.28. The van der Waals surface area contributed by atoms with Crippen molar-refractivity contribution in [1.29, 1.82) is 0 Å². The lowest BCUT2D eigenvalue weighted by Gasteiger charge is -2.11. The molecule has 0 atom stereocenters. The molecule has 0 spiro atoms. The van der Waals surface area contributed by atoms with Gasteiger partial charge < -0.3 is 5.11 Å². The van der Waals surface area contributed by atoms with E-state index in [2.05, 4.69) is 0 Å². The minimum absolute atomic E-state index is 0.0266. The molecule has 0 amide bonds. The Morgan fingerprint density at radius 1 is 1.15 bits per heavy atom. The van der Waals surface area contributed by atoms with Crippen molar-refractivity contribution < 1.29 is 29.2 Å². The first kappa shape index (κ1) is 14.7. The maximum atomic E-state index is 12.8. The number of hydrogen-bond donors (Lipinski definition) is 1. The third kappa shape index (κ3) is 2.60. The Balaban J connectivity index is 2.92. The highest BCUT2D eigenvalue weighted by Crippen LogP contribution is 2.37. The summed E-state index contributed by atoms with van der Waals surface area (Å²) in [5.41, 5.74) is -1.50. The summed E-state index contributed by atoms with van der Waals surface area (Å²) in [6.45, 7) is 0. The van der Waals surface area contributed by atoms with E-state index in [0.29, 0.717) is 0 Å². The van der Waals surface area contributed by atoms with Crippen LogP contribution in [0, 0.1) is 3.57 Å². The van der Waals surface area contributed by atoms with E-state index in [0.717, 1.165) is 24.3 Å². The Labute approximate surface area is 117 Å². The molecule has 0 aromatic heterocycles. The number of benzene rings is 2. The first-order valence-electron chi connectivity index (χ1n) is 5.14. The minimum Gasteiger partial charge on any atom is -0.478 e. The molecule has 8 heteroatoms. The second kappa shape index (κ2) is 5.00. The summed E-state index contributed by atoms with van der Waals surface area (Å²) in [5, 5.41) is 8.63. The van der Waals surface area contributed by atoms with Crippen molar-refractivity contribution in [3.05, 3.63) is 45.0 Å². The van der Waals surface area contributed by atoms with Crippen LogP contribution in [-0.4, -0.2) is 11.1 Å². The highest BCUT2D eigenvalue weighted by molar-refractivity contribution is 14.2. The number of halogens is 4. The van der Waals surface area contributed by atoms with E-state index in [1.54, 1.807) is 0 Å². The van der Waals surface area contributed by atoms with E-state index in [1.807, 2.05) is 0 Å². The largest absolute Gasteiger partial charge is 0.478 e. The molecule has 20 heavy (non-hydrogen) atoms. The maximum Gasteiger partial charge on any atom is 0.417 e. The molecular formula is C12H6F3IO4. The van der Waals surface area contributed by atoms with Gasteiger partial charge in [0, 0.05) is 0 Å². The van der Waals surface area contributed by atoms with E-state index in [1.165, 1.54) is 6.07 Å². The van der Waals surface area contributed by atoms with Crippen LogP contribution in [-0.2, 0) is 12.3 Å². The van der Waals surface area contributed by atoms with Crippen LogP contribution in [0.2, 0.25) is 0 Å². The summed E-state index contributed by atoms with van der Waals surface area (Å²) in [6, 6.07) is 4.99. The molecule has 0 unspecified atom stereocenters. The summed E-state index contributed by atoms with van der Waals surface area (Å²) in [4.78, 5) is 11.0. The van der Waals surface area contributed by atoms with Gasteiger partial charge in [0.25, 0.3) is 0 Å². The van der Waals surface area contributed by atoms with Crippen molar-refractivity contribution in [3.8, 4) is 0 Å². The zero-order valence-electron chi connectivity index (χ0n) is 9.57. The van der Waals surface area contributed by atoms with Crippen LogP contribution in [0.5, 0.6) is 0 Å². The number of fused-ring (bicyclic) bond motifs is 1. The van der Waals surface area contributed by atoms with Crippen molar-refractivity contribution >= 4 is 36.5 Å². The van der Waals surface area contributed by atoms with Gasteiger partial charge in [-0.25, -0.2) is 10.9 Å². The van der Waals surface area contributed by atoms with Gasteiger partial charge >= 0.3 is 31.9 Å². The summed E-state index contributed by atoms with van der Waals surface area (Å²) >= 11 is -4.23. The second-order valence-electron chi connectivity index (χ2n) is 3.88. The van der Waals surface area contributed by atoms with Crippen LogP contribution in [0.3, 0.4) is 0 Å². The van der Waals surface area contributed by atoms with Gasteiger partial charge in [-0.05, 0) is 29.0 Å². The average molecular weight is 398 g/mol. The topological polar surface area (TPSA) is 71.4 Å². The molecule has 0 heterocycles. The zero-order chi connectivity index (χ0) is 15.1. The van der Waals surface area contributed by atoms with Crippen LogP contribution >= 0.6 is 19.8 Å². The molecule has 0 aliphatic carbocycles. The summed E-state index contributed by atoms with van der Waals surface area (Å²) in [6.07, 6.45) is -4.65. The van der Waals surface area contributed by atoms with Crippen molar-refractivity contribution in [1.82, 2.24) is 0 Å². The first-order valence-corrected chi connectivity index (χ1v) is 7.98. The fourth-order valence-electron chi connectivity index (χ4n) is 1.84. The Kier molecular flexibility index (Phi) is 3.67. The number of hydrogen-bond acceptors (Lipinski definition) is 3. The van der Waals surface area contributed by atoms with Gasteiger partial charge in [0.05, 0.1) is 14.7 Å². The van der Waals surface area contributed by atoms with Gasteiger partial charge in [0.1, 0.15) is 0 Å². The van der Waals surface area contributed by atoms with E-state index >= 15 is 0 Å². The van der Waals surface area contributed by atoms with E-state index in [4.69, 9.17) is 5.11 Å². The number of aromatic carboxylic acids is 1. The first-order chi connectivity index (χ1) is 9.21. The van der Waals surface area contributed by atoms with Crippen molar-refractivity contribution in [2.75, 3.05) is 0 Å². The summed E-state index contributed by atoms with van der Waals surface area (Å²) in [5.74, 6) is -1.49. The van der Waals surface area contributed by atoms with Gasteiger partial charge in [0.15, 0.2) is 0 Å². The Bertz CT molecular complexity index is 770. The molecule has 106 valence electrons. The Morgan fingerprint density at radius 3 is 2.30 bits per heavy atom. The van der Waals surface area contributed by atoms with Crippen molar-refractivity contribution in [2.24, 2.45) is 0 Å². The number of rotatable bonds is 2. The molecule has 0 radical (unpaired) electrons. The highest BCUT2D eigenvalue weighted by Gasteiger charge is 2.33. The molecule has 2 rings (SSSR count). The highest BCUT2D eigenvalue weighted by atomic mass is 127. The van der Waals surface area contributed by atoms with E-state index in [-0.39, 0.29) is 10.8 Å². The molecule has 0 bridgehead atoms. The predicted octanol–water partition coefficient (Wildman–Crippen LogP) is 3.92. The molecule has 0 aliphatic rings. The third-order valence-electron chi connectivity index (χ3n) is 2.67. The smallest absolute Gasteiger partial charge is 0.417 e. The van der Waals surface area contributed by atoms with Gasteiger partial charge in [-0.15, -0.1) is 0 Å². The number of carbonyl (C=O) groups is 1. The predicted molar refractivity (Wildman–Crippen MR) is 70.0 cm³/mol. The monoisotopic (exact) mass is 398 g/mol. The zero-order valence-corrected chi connectivity index (χ0v) is 11.7. The van der Waals surface area contributed by atoms with Crippen LogP contribution in [0.15, 0.2) is 30.3 Å². The SMILES string of the molecule is O=C(O)c1cc2cccc(C(F)(F)F)c2cc1I(=O)=O. The van der Waals surface area contributed by atoms with Crippen LogP contribution in [0.25, 0.3) is 10.8 Å². The maximum absolute atomic E-state index is 12.8. The fourth-order valence-corrected chi connectivity index (χ4v) is 3.26. The molecule has 0 aliphatic heterocycles. The number of alkyl halides is 3. The Morgan fingerprint density at radius 2 is 1.80 bits per heavy atom. The van der Waals surface area contributed by atoms with Crippen molar-refractivity contribution in [3.63, 3.8) is 0 Å². The summed E-state index contributed by atoms with van der Waals surface area (Å²) < 4.78 is 60.2. The quantitative estimate of drug-likeness (QED) is 0.779. The number of carboxylic acid groups (broad SMARTS) is 1. The molecule has 2 aromatic rings. The van der Waals surface area contributed by atoms with Crippen molar-refractivity contribution in [2.45, 2.75) is 6.18 Å². The minimum atomic E-state index is -4.65. The fraction of sp³-hybridized carbons (Fsp3) is 0.0833. The van der Waals surface area contributed by atoms with Crippen LogP contribution in [0.4, 0.5) is 13.2 Å². The van der Waals surface area contributed by atoms with Gasteiger partial charge in [-0.3, -0.25) is 0 Å². The molecular weight excluding hydrogens is 392 g/mol. The molecule has 0 saturated heterocycles. The normalized spacial score (nSPS) is 12.0. The molecule has 0 fully saturated rings. The molecule has 1 N–H and O–H groups in total. The van der Waals surface area contributed by atoms with Gasteiger partial charge in [-0.1, -0.05) is 12.1 Å². The molecule has 2 aromatic carbocycles. The van der Waals surface area contributed by atoms with Crippen LogP contribution < -0.4 is 0 Å². The summed E-state index contributed by atoms with van der Waals surface area (Å²) in [7, 11) is 0. The standard InChI is InChI=1S/C12H6F3IO4/c13-12(14,15)9-3-1-2-6-4-8(11(17)18)10(16(19)20)5-7(6)9/h1-5H,(H,17,18). The third-order valence-corrected chi connectivity index (χ3v) is 4.51. The lowest BCUT2D eigenvalue weighted by atomic mass is 10.0. The van der Waals surface area contributed by atoms with Gasteiger partial charge in [0.2, 0.25) is 0 Å². The lowest BCUT2D eigenvalue weighted by molar-refractivity contribution is -0.136. The molecule has 0 saturated carbocycles. The Hall–Kier alpha value is -1.71. The van der Waals surface area contributed by atoms with E-state index < -0.39 is 46.6 Å². The van der Waals surface area contributed by atoms with E-state index in [9.17, 15) is 24.1 Å². The number of carboxylic acids is 1.